The molecule has 8 heteroatoms. The van der Waals surface area contributed by atoms with Crippen LogP contribution in [0.15, 0.2) is 18.3 Å². The second kappa shape index (κ2) is 4.80. The molecule has 2 fully saturated rings. The fourth-order valence-electron chi connectivity index (χ4n) is 2.89. The molecule has 1 amide bonds. The molecule has 0 radical (unpaired) electrons. The number of Topliss-reactive ketones (excluding diaryl/α,β-unsaturated/α-hetero) is 1. The number of carbonyl (C=O) groups is 2. The van der Waals surface area contributed by atoms with Crippen LogP contribution in [0.2, 0.25) is 0 Å². The van der Waals surface area contributed by atoms with Gasteiger partial charge in [0, 0.05) is 19.2 Å². The molecule has 21 heavy (non-hydrogen) atoms. The summed E-state index contributed by atoms with van der Waals surface area (Å²) >= 11 is 0. The number of nitrogens with one attached hydrogen (secondary N) is 1. The third-order valence-corrected chi connectivity index (χ3v) is 4.12. The lowest BCUT2D eigenvalue weighted by molar-refractivity contribution is -0.385. The van der Waals surface area contributed by atoms with Crippen molar-refractivity contribution in [2.24, 2.45) is 0 Å². The average Bonchev–Trinajstić information content (AvgIpc) is 2.74. The fraction of sp³-hybridized carbons (Fsp3) is 0.462. The summed E-state index contributed by atoms with van der Waals surface area (Å²) < 4.78 is 0. The Bertz CT molecular complexity index is 605. The molecular formula is C13H14N4O4. The maximum atomic E-state index is 11.9. The van der Waals surface area contributed by atoms with Crippen LogP contribution in [0, 0.1) is 10.1 Å². The van der Waals surface area contributed by atoms with E-state index in [-0.39, 0.29) is 23.8 Å². The minimum absolute atomic E-state index is 0.0320. The first-order valence-electron chi connectivity index (χ1n) is 6.70. The predicted molar refractivity (Wildman–Crippen MR) is 72.8 cm³/mol. The van der Waals surface area contributed by atoms with Gasteiger partial charge in [-0.25, -0.2) is 4.98 Å². The third kappa shape index (κ3) is 2.32. The number of pyridine rings is 1. The second-order valence-electron chi connectivity index (χ2n) is 5.35. The lowest BCUT2D eigenvalue weighted by atomic mass is 9.85. The lowest BCUT2D eigenvalue weighted by Gasteiger charge is -2.38. The van der Waals surface area contributed by atoms with E-state index in [1.807, 2.05) is 4.90 Å². The summed E-state index contributed by atoms with van der Waals surface area (Å²) in [4.78, 5) is 39.4. The molecule has 2 aliphatic heterocycles. The van der Waals surface area contributed by atoms with Gasteiger partial charge in [-0.1, -0.05) is 0 Å². The van der Waals surface area contributed by atoms with E-state index in [2.05, 4.69) is 10.3 Å². The van der Waals surface area contributed by atoms with Gasteiger partial charge >= 0.3 is 0 Å². The quantitative estimate of drug-likeness (QED) is 0.480. The van der Waals surface area contributed by atoms with Gasteiger partial charge in [0.05, 0.1) is 11.3 Å². The molecule has 2 aliphatic rings. The summed E-state index contributed by atoms with van der Waals surface area (Å²) in [5.41, 5.74) is -0.764. The Labute approximate surface area is 120 Å². The van der Waals surface area contributed by atoms with Crippen LogP contribution < -0.4 is 10.2 Å². The summed E-state index contributed by atoms with van der Waals surface area (Å²) in [7, 11) is 0. The number of nitrogens with zero attached hydrogens (tertiary/aromatic N) is 3. The largest absolute Gasteiger partial charge is 0.356 e. The van der Waals surface area contributed by atoms with E-state index in [4.69, 9.17) is 0 Å². The topological polar surface area (TPSA) is 105 Å². The summed E-state index contributed by atoms with van der Waals surface area (Å²) in [6, 6.07) is 3.01. The normalized spacial score (nSPS) is 20.7. The van der Waals surface area contributed by atoms with Gasteiger partial charge in [-0.05, 0) is 18.9 Å². The van der Waals surface area contributed by atoms with Gasteiger partial charge in [-0.3, -0.25) is 19.7 Å². The molecule has 2 saturated heterocycles. The van der Waals surface area contributed by atoms with Crippen LogP contribution in [-0.2, 0) is 9.59 Å². The molecule has 1 N–H and O–H groups in total. The monoisotopic (exact) mass is 290 g/mol. The molecule has 0 aliphatic carbocycles. The first kappa shape index (κ1) is 13.5. The number of rotatable bonds is 2. The molecule has 0 atom stereocenters. The predicted octanol–water partition coefficient (Wildman–Crippen LogP) is 0.418. The summed E-state index contributed by atoms with van der Waals surface area (Å²) in [6.07, 6.45) is 2.27. The number of aromatic nitrogens is 1. The van der Waals surface area contributed by atoms with Crippen molar-refractivity contribution in [1.82, 2.24) is 10.3 Å². The molecule has 0 aromatic carbocycles. The van der Waals surface area contributed by atoms with E-state index in [1.54, 1.807) is 6.07 Å². The molecule has 3 heterocycles. The Hall–Kier alpha value is -2.51. The molecule has 1 aromatic rings. The zero-order chi connectivity index (χ0) is 15.0. The van der Waals surface area contributed by atoms with Crippen molar-refractivity contribution < 1.29 is 14.5 Å². The highest BCUT2D eigenvalue weighted by Crippen LogP contribution is 2.30. The highest BCUT2D eigenvalue weighted by atomic mass is 16.6. The van der Waals surface area contributed by atoms with Crippen molar-refractivity contribution in [1.29, 1.82) is 0 Å². The van der Waals surface area contributed by atoms with Gasteiger partial charge in [0.25, 0.3) is 5.69 Å². The van der Waals surface area contributed by atoms with E-state index in [1.165, 1.54) is 12.3 Å². The van der Waals surface area contributed by atoms with Crippen LogP contribution in [-0.4, -0.2) is 40.2 Å². The van der Waals surface area contributed by atoms with E-state index in [0.717, 1.165) is 0 Å². The Morgan fingerprint density at radius 3 is 2.48 bits per heavy atom. The SMILES string of the molecule is O=C1CC(=O)C2(CCN(c3ccc([N+](=O)[O-])cn3)CC2)N1. The molecule has 1 spiro atoms. The number of hydrogen-bond acceptors (Lipinski definition) is 6. The lowest BCUT2D eigenvalue weighted by Crippen LogP contribution is -2.54. The highest BCUT2D eigenvalue weighted by Gasteiger charge is 2.47. The van der Waals surface area contributed by atoms with E-state index in [9.17, 15) is 19.7 Å². The smallest absolute Gasteiger partial charge is 0.287 e. The van der Waals surface area contributed by atoms with E-state index < -0.39 is 10.5 Å². The molecular weight excluding hydrogens is 276 g/mol. The van der Waals surface area contributed by atoms with Crippen LogP contribution in [0.1, 0.15) is 19.3 Å². The zero-order valence-electron chi connectivity index (χ0n) is 11.2. The van der Waals surface area contributed by atoms with Gasteiger partial charge < -0.3 is 10.2 Å². The highest BCUT2D eigenvalue weighted by molar-refractivity contribution is 6.10. The molecule has 0 unspecified atom stereocenters. The third-order valence-electron chi connectivity index (χ3n) is 4.12. The molecule has 1 aromatic heterocycles. The maximum absolute atomic E-state index is 11.9. The second-order valence-corrected chi connectivity index (χ2v) is 5.35. The van der Waals surface area contributed by atoms with Crippen LogP contribution in [0.3, 0.4) is 0 Å². The standard InChI is InChI=1S/C13H14N4O4/c18-10-7-12(19)15-13(10)3-5-16(6-4-13)11-2-1-9(8-14-11)17(20)21/h1-2,8H,3-7H2,(H,15,19). The Morgan fingerprint density at radius 2 is 2.00 bits per heavy atom. The van der Waals surface area contributed by atoms with E-state index in [0.29, 0.717) is 31.7 Å². The van der Waals surface area contributed by atoms with Gasteiger partial charge in [-0.15, -0.1) is 0 Å². The van der Waals surface area contributed by atoms with Crippen LogP contribution in [0.5, 0.6) is 0 Å². The number of hydrogen-bond donors (Lipinski definition) is 1. The van der Waals surface area contributed by atoms with Crippen molar-refractivity contribution in [2.75, 3.05) is 18.0 Å². The number of piperidine rings is 1. The number of carbonyl (C=O) groups excluding carboxylic acids is 2. The van der Waals surface area contributed by atoms with Gasteiger partial charge in [0.15, 0.2) is 5.78 Å². The molecule has 8 nitrogen and oxygen atoms in total. The van der Waals surface area contributed by atoms with Gasteiger partial charge in [0.2, 0.25) is 5.91 Å². The van der Waals surface area contributed by atoms with Crippen molar-refractivity contribution in [2.45, 2.75) is 24.8 Å². The summed E-state index contributed by atoms with van der Waals surface area (Å²) in [5, 5.41) is 13.4. The molecule has 110 valence electrons. The maximum Gasteiger partial charge on any atom is 0.287 e. The summed E-state index contributed by atoms with van der Waals surface area (Å²) in [5.74, 6) is 0.401. The fourth-order valence-corrected chi connectivity index (χ4v) is 2.89. The van der Waals surface area contributed by atoms with Crippen molar-refractivity contribution in [3.63, 3.8) is 0 Å². The number of anilines is 1. The Kier molecular flexibility index (Phi) is 3.08. The molecule has 3 rings (SSSR count). The van der Waals surface area contributed by atoms with Crippen LogP contribution in [0.4, 0.5) is 11.5 Å². The van der Waals surface area contributed by atoms with Crippen LogP contribution >= 0.6 is 0 Å². The van der Waals surface area contributed by atoms with Crippen LogP contribution in [0.25, 0.3) is 0 Å². The summed E-state index contributed by atoms with van der Waals surface area (Å²) in [6.45, 7) is 1.16. The molecule has 0 saturated carbocycles. The Balaban J connectivity index is 1.70. The number of nitro groups is 1. The Morgan fingerprint density at radius 1 is 1.29 bits per heavy atom. The minimum Gasteiger partial charge on any atom is -0.356 e. The van der Waals surface area contributed by atoms with Gasteiger partial charge in [-0.2, -0.15) is 0 Å². The first-order valence-corrected chi connectivity index (χ1v) is 6.70. The number of ketones is 1. The van der Waals surface area contributed by atoms with Crippen molar-refractivity contribution in [3.8, 4) is 0 Å². The zero-order valence-corrected chi connectivity index (χ0v) is 11.2. The average molecular weight is 290 g/mol. The van der Waals surface area contributed by atoms with Gasteiger partial charge in [0.1, 0.15) is 17.6 Å². The first-order chi connectivity index (χ1) is 10.00. The van der Waals surface area contributed by atoms with E-state index >= 15 is 0 Å². The molecule has 0 bridgehead atoms. The van der Waals surface area contributed by atoms with Crippen molar-refractivity contribution in [3.05, 3.63) is 28.4 Å². The minimum atomic E-state index is -0.714. The van der Waals surface area contributed by atoms with Crippen molar-refractivity contribution >= 4 is 23.2 Å². The number of amides is 1.